The van der Waals surface area contributed by atoms with Crippen LogP contribution in [0.25, 0.3) is 0 Å². The summed E-state index contributed by atoms with van der Waals surface area (Å²) < 4.78 is 63.3. The molecular weight excluding hydrogens is 505 g/mol. The van der Waals surface area contributed by atoms with Crippen LogP contribution < -0.4 is 15.4 Å². The van der Waals surface area contributed by atoms with Gasteiger partial charge in [0.05, 0.1) is 35.9 Å². The molecule has 1 aromatic carbocycles. The van der Waals surface area contributed by atoms with Crippen molar-refractivity contribution in [1.29, 1.82) is 0 Å². The molecule has 1 fully saturated rings. The molecule has 2 aliphatic heterocycles. The van der Waals surface area contributed by atoms with E-state index in [0.717, 1.165) is 6.07 Å². The van der Waals surface area contributed by atoms with Crippen LogP contribution in [0, 0.1) is 5.82 Å². The topological polar surface area (TPSA) is 104 Å². The van der Waals surface area contributed by atoms with Gasteiger partial charge in [0.2, 0.25) is 5.91 Å². The summed E-state index contributed by atoms with van der Waals surface area (Å²) >= 11 is 0. The number of benzene rings is 1. The molecule has 38 heavy (non-hydrogen) atoms. The molecule has 2 N–H and O–H groups in total. The van der Waals surface area contributed by atoms with E-state index in [1.54, 1.807) is 13.8 Å². The van der Waals surface area contributed by atoms with E-state index in [9.17, 15) is 18.0 Å². The van der Waals surface area contributed by atoms with Crippen molar-refractivity contribution in [3.8, 4) is 6.01 Å². The molecule has 9 nitrogen and oxygen atoms in total. The van der Waals surface area contributed by atoms with Crippen LogP contribution in [0.1, 0.15) is 80.7 Å². The first-order valence-electron chi connectivity index (χ1n) is 12.3. The summed E-state index contributed by atoms with van der Waals surface area (Å²) in [5, 5.41) is 6.16. The summed E-state index contributed by atoms with van der Waals surface area (Å²) in [4.78, 5) is 22.2. The van der Waals surface area contributed by atoms with Crippen molar-refractivity contribution in [3.05, 3.63) is 58.9 Å². The average Bonchev–Trinajstić information content (AvgIpc) is 3.42. The summed E-state index contributed by atoms with van der Waals surface area (Å²) in [5.74, 6) is -1.94. The first-order valence-corrected chi connectivity index (χ1v) is 12.3. The number of rotatable bonds is 9. The predicted molar refractivity (Wildman–Crippen MR) is 131 cm³/mol. The molecule has 1 aromatic heterocycles. The zero-order valence-electron chi connectivity index (χ0n) is 21.6. The molecule has 1 amide bonds. The molecule has 0 bridgehead atoms. The Balaban J connectivity index is 1.71. The maximum atomic E-state index is 14.9. The molecule has 1 saturated heterocycles. The van der Waals surface area contributed by atoms with E-state index in [4.69, 9.17) is 18.9 Å². The fourth-order valence-electron chi connectivity index (χ4n) is 4.44. The number of amides is 1. The van der Waals surface area contributed by atoms with Gasteiger partial charge in [0.15, 0.2) is 0 Å². The molecular formula is C26H31F3N4O5. The van der Waals surface area contributed by atoms with Crippen molar-refractivity contribution in [2.75, 3.05) is 25.6 Å². The Morgan fingerprint density at radius 2 is 1.79 bits per heavy atom. The van der Waals surface area contributed by atoms with Gasteiger partial charge in [0, 0.05) is 24.3 Å². The Hall–Kier alpha value is -3.54. The number of hydrogen-bond acceptors (Lipinski definition) is 8. The van der Waals surface area contributed by atoms with Crippen LogP contribution in [-0.2, 0) is 19.0 Å². The number of methoxy groups -OCH3 is 1. The van der Waals surface area contributed by atoms with E-state index in [-0.39, 0.29) is 29.0 Å². The largest absolute Gasteiger partial charge is 0.467 e. The van der Waals surface area contributed by atoms with Crippen molar-refractivity contribution in [2.45, 2.75) is 63.8 Å². The molecule has 2 aliphatic rings. The number of halogens is 3. The Morgan fingerprint density at radius 3 is 2.42 bits per heavy atom. The summed E-state index contributed by atoms with van der Waals surface area (Å²) in [7, 11) is 1.37. The number of carbonyl (C=O) groups excluding carboxylic acids is 1. The number of alkyl halides is 2. The Bertz CT molecular complexity index is 1180. The number of aromatic nitrogens is 2. The maximum Gasteiger partial charge on any atom is 0.318 e. The van der Waals surface area contributed by atoms with Gasteiger partial charge in [-0.2, -0.15) is 9.97 Å². The van der Waals surface area contributed by atoms with Gasteiger partial charge in [0.25, 0.3) is 12.7 Å². The van der Waals surface area contributed by atoms with Crippen LogP contribution in [0.5, 0.6) is 6.01 Å². The molecule has 3 heterocycles. The van der Waals surface area contributed by atoms with Gasteiger partial charge in [-0.3, -0.25) is 4.79 Å². The van der Waals surface area contributed by atoms with Gasteiger partial charge in [-0.1, -0.05) is 18.2 Å². The van der Waals surface area contributed by atoms with E-state index < -0.39 is 41.6 Å². The van der Waals surface area contributed by atoms with Gasteiger partial charge in [-0.15, -0.1) is 0 Å². The van der Waals surface area contributed by atoms with E-state index in [1.165, 1.54) is 31.8 Å². The summed E-state index contributed by atoms with van der Waals surface area (Å²) in [6.45, 7) is 6.34. The number of nitrogens with one attached hydrogen (secondary N) is 2. The Labute approximate surface area is 218 Å². The zero-order chi connectivity index (χ0) is 27.4. The molecule has 0 spiro atoms. The highest BCUT2D eigenvalue weighted by Gasteiger charge is 2.36. The minimum atomic E-state index is -2.97. The third kappa shape index (κ3) is 5.79. The van der Waals surface area contributed by atoms with Crippen LogP contribution in [0.4, 0.5) is 19.0 Å². The minimum Gasteiger partial charge on any atom is -0.467 e. The smallest absolute Gasteiger partial charge is 0.318 e. The third-order valence-electron chi connectivity index (χ3n) is 6.77. The number of ether oxygens (including phenoxy) is 4. The summed E-state index contributed by atoms with van der Waals surface area (Å²) in [5.41, 5.74) is -0.553. The van der Waals surface area contributed by atoms with Crippen molar-refractivity contribution >= 4 is 11.7 Å². The predicted octanol–water partition coefficient (Wildman–Crippen LogP) is 5.04. The van der Waals surface area contributed by atoms with Crippen molar-refractivity contribution in [1.82, 2.24) is 15.3 Å². The molecule has 206 valence electrons. The van der Waals surface area contributed by atoms with E-state index in [2.05, 4.69) is 20.6 Å². The van der Waals surface area contributed by atoms with Crippen molar-refractivity contribution < 1.29 is 36.9 Å². The highest BCUT2D eigenvalue weighted by molar-refractivity contribution is 5.84. The Morgan fingerprint density at radius 1 is 1.13 bits per heavy atom. The van der Waals surface area contributed by atoms with Crippen molar-refractivity contribution in [2.24, 2.45) is 0 Å². The lowest BCUT2D eigenvalue weighted by Gasteiger charge is -2.35. The Kier molecular flexibility index (Phi) is 8.29. The van der Waals surface area contributed by atoms with Gasteiger partial charge < -0.3 is 29.6 Å². The first-order chi connectivity index (χ1) is 18.1. The minimum absolute atomic E-state index is 0.0116. The van der Waals surface area contributed by atoms with Gasteiger partial charge in [0.1, 0.15) is 24.2 Å². The fraction of sp³-hybridized carbons (Fsp3) is 0.500. The monoisotopic (exact) mass is 536 g/mol. The number of anilines is 1. The second-order valence-corrected chi connectivity index (χ2v) is 9.54. The third-order valence-corrected chi connectivity index (χ3v) is 6.77. The normalized spacial score (nSPS) is 18.4. The number of nitrogens with zero attached hydrogens (tertiary/aromatic N) is 2. The lowest BCUT2D eigenvalue weighted by Crippen LogP contribution is -2.50. The highest BCUT2D eigenvalue weighted by Crippen LogP contribution is 2.38. The van der Waals surface area contributed by atoms with Crippen LogP contribution in [0.3, 0.4) is 0 Å². The average molecular weight is 537 g/mol. The van der Waals surface area contributed by atoms with E-state index >= 15 is 0 Å². The summed E-state index contributed by atoms with van der Waals surface area (Å²) in [6, 6.07) is 2.95. The van der Waals surface area contributed by atoms with Gasteiger partial charge in [-0.25, -0.2) is 13.2 Å². The molecule has 0 radical (unpaired) electrons. The van der Waals surface area contributed by atoms with Crippen LogP contribution >= 0.6 is 0 Å². The van der Waals surface area contributed by atoms with Crippen LogP contribution in [0.15, 0.2) is 30.7 Å². The van der Waals surface area contributed by atoms with Crippen molar-refractivity contribution in [3.63, 3.8) is 0 Å². The quantitative estimate of drug-likeness (QED) is 0.460. The number of hydrogen-bond donors (Lipinski definition) is 2. The molecule has 0 saturated carbocycles. The molecule has 12 heteroatoms. The van der Waals surface area contributed by atoms with E-state index in [1.807, 2.05) is 6.92 Å². The first kappa shape index (κ1) is 27.5. The van der Waals surface area contributed by atoms with Crippen LogP contribution in [0.2, 0.25) is 0 Å². The van der Waals surface area contributed by atoms with E-state index in [0.29, 0.717) is 31.6 Å². The van der Waals surface area contributed by atoms with Crippen LogP contribution in [-0.4, -0.2) is 41.7 Å². The SMILES string of the molecule is COc1nc(N[C@H](C)c2cccc(C(F)F)c2F)c(C2OC=CO2)c(C(C)C(=O)NC2(C)CCOCC2)n1. The second kappa shape index (κ2) is 11.5. The fourth-order valence-corrected chi connectivity index (χ4v) is 4.44. The molecule has 2 aromatic rings. The highest BCUT2D eigenvalue weighted by atomic mass is 19.3. The standard InChI is InChI=1S/C26H31F3N4O5/c1-14(23(34)33-26(3)8-10-36-11-9-26)20-18(24-37-12-13-38-24)22(32-25(31-20)35-4)30-15(2)16-6-5-7-17(19(16)27)21(28)29/h5-7,12-15,21,24H,8-11H2,1-4H3,(H,33,34)(H,30,31,32)/t14?,15-/m1/s1. The molecule has 2 atom stereocenters. The lowest BCUT2D eigenvalue weighted by molar-refractivity contribution is -0.125. The summed E-state index contributed by atoms with van der Waals surface area (Å²) in [6.07, 6.45) is 0.0374. The molecule has 1 unspecified atom stereocenters. The molecule has 4 rings (SSSR count). The lowest BCUT2D eigenvalue weighted by atomic mass is 9.91. The zero-order valence-corrected chi connectivity index (χ0v) is 21.6. The molecule has 0 aliphatic carbocycles. The van der Waals surface area contributed by atoms with Gasteiger partial charge in [-0.05, 0) is 33.6 Å². The number of carbonyl (C=O) groups is 1. The second-order valence-electron chi connectivity index (χ2n) is 9.54. The van der Waals surface area contributed by atoms with Gasteiger partial charge >= 0.3 is 6.01 Å². The maximum absolute atomic E-state index is 14.9.